The fourth-order valence-corrected chi connectivity index (χ4v) is 1.87. The van der Waals surface area contributed by atoms with Crippen molar-refractivity contribution in [1.29, 1.82) is 0 Å². The van der Waals surface area contributed by atoms with Crippen LogP contribution < -0.4 is 10.9 Å². The Labute approximate surface area is 104 Å². The highest BCUT2D eigenvalue weighted by Gasteiger charge is 2.20. The molecule has 2 rings (SSSR count). The van der Waals surface area contributed by atoms with Crippen LogP contribution in [0.1, 0.15) is 19.3 Å². The molecule has 0 spiro atoms. The number of aromatic nitrogens is 2. The maximum atomic E-state index is 11.7. The highest BCUT2D eigenvalue weighted by molar-refractivity contribution is 6.32. The van der Waals surface area contributed by atoms with Gasteiger partial charge in [-0.2, -0.15) is 5.10 Å². The summed E-state index contributed by atoms with van der Waals surface area (Å²) < 4.78 is 1.16. The quantitative estimate of drug-likeness (QED) is 0.801. The van der Waals surface area contributed by atoms with Gasteiger partial charge in [0.05, 0.1) is 25.0 Å². The molecule has 5 nitrogen and oxygen atoms in total. The molecule has 0 bridgehead atoms. The zero-order valence-electron chi connectivity index (χ0n) is 9.53. The Balaban J connectivity index is 2.01. The average molecular weight is 258 g/mol. The summed E-state index contributed by atoms with van der Waals surface area (Å²) in [6.45, 7) is 0.855. The number of aliphatic hydroxyl groups is 1. The van der Waals surface area contributed by atoms with Crippen molar-refractivity contribution in [2.75, 3.05) is 18.5 Å². The third-order valence-corrected chi connectivity index (χ3v) is 3.23. The van der Waals surface area contributed by atoms with Gasteiger partial charge >= 0.3 is 0 Å². The van der Waals surface area contributed by atoms with E-state index < -0.39 is 0 Å². The van der Waals surface area contributed by atoms with Crippen molar-refractivity contribution in [3.63, 3.8) is 0 Å². The number of anilines is 1. The van der Waals surface area contributed by atoms with E-state index in [1.807, 2.05) is 0 Å². The van der Waals surface area contributed by atoms with Crippen LogP contribution in [-0.4, -0.2) is 28.0 Å². The lowest BCUT2D eigenvalue weighted by Crippen LogP contribution is -2.25. The lowest BCUT2D eigenvalue weighted by atomic mass is 10.3. The molecule has 1 heterocycles. The summed E-state index contributed by atoms with van der Waals surface area (Å²) in [5.41, 5.74) is 0.212. The van der Waals surface area contributed by atoms with E-state index >= 15 is 0 Å². The predicted molar refractivity (Wildman–Crippen MR) is 66.4 cm³/mol. The monoisotopic (exact) mass is 257 g/mol. The highest BCUT2D eigenvalue weighted by atomic mass is 35.5. The second-order valence-corrected chi connectivity index (χ2v) is 4.66. The minimum Gasteiger partial charge on any atom is -0.394 e. The number of halogens is 1. The topological polar surface area (TPSA) is 67.2 Å². The first-order valence-electron chi connectivity index (χ1n) is 5.82. The van der Waals surface area contributed by atoms with Crippen LogP contribution in [0.2, 0.25) is 5.02 Å². The van der Waals surface area contributed by atoms with Crippen LogP contribution in [0.15, 0.2) is 11.0 Å². The third kappa shape index (κ3) is 3.20. The van der Waals surface area contributed by atoms with Crippen molar-refractivity contribution in [3.8, 4) is 0 Å². The summed E-state index contributed by atoms with van der Waals surface area (Å²) in [5.74, 6) is 0.837. The summed E-state index contributed by atoms with van der Waals surface area (Å²) >= 11 is 5.95. The first-order valence-corrected chi connectivity index (χ1v) is 6.20. The van der Waals surface area contributed by atoms with Crippen molar-refractivity contribution < 1.29 is 5.11 Å². The van der Waals surface area contributed by atoms with E-state index in [0.717, 1.165) is 23.6 Å². The Morgan fingerprint density at radius 2 is 2.35 bits per heavy atom. The van der Waals surface area contributed by atoms with Crippen LogP contribution in [0, 0.1) is 5.92 Å². The van der Waals surface area contributed by atoms with E-state index in [4.69, 9.17) is 16.7 Å². The zero-order chi connectivity index (χ0) is 12.3. The van der Waals surface area contributed by atoms with Gasteiger partial charge in [0.1, 0.15) is 5.02 Å². The van der Waals surface area contributed by atoms with E-state index in [1.165, 1.54) is 19.0 Å². The predicted octanol–water partition coefficient (Wildman–Crippen LogP) is 1.10. The molecule has 17 heavy (non-hydrogen) atoms. The van der Waals surface area contributed by atoms with E-state index in [2.05, 4.69) is 10.4 Å². The molecule has 94 valence electrons. The molecule has 1 saturated carbocycles. The molecular weight excluding hydrogens is 242 g/mol. The number of nitrogens with zero attached hydrogens (tertiary/aromatic N) is 2. The van der Waals surface area contributed by atoms with Gasteiger partial charge in [0.2, 0.25) is 0 Å². The average Bonchev–Trinajstić information content (AvgIpc) is 3.12. The first-order chi connectivity index (χ1) is 8.22. The fourth-order valence-electron chi connectivity index (χ4n) is 1.66. The number of hydrogen-bond donors (Lipinski definition) is 2. The second-order valence-electron chi connectivity index (χ2n) is 4.28. The second kappa shape index (κ2) is 5.51. The zero-order valence-corrected chi connectivity index (χ0v) is 10.3. The number of aliphatic hydroxyl groups excluding tert-OH is 1. The minimum atomic E-state index is -0.364. The Kier molecular flexibility index (Phi) is 4.02. The van der Waals surface area contributed by atoms with Gasteiger partial charge in [-0.25, -0.2) is 4.68 Å². The molecule has 6 heteroatoms. The first kappa shape index (κ1) is 12.4. The Bertz CT molecular complexity index is 443. The van der Waals surface area contributed by atoms with Crippen LogP contribution in [-0.2, 0) is 6.54 Å². The molecule has 1 aliphatic carbocycles. The SMILES string of the molecule is O=c1c(Cl)c(NCCC2CC2)cnn1CCO. The summed E-state index contributed by atoms with van der Waals surface area (Å²) in [4.78, 5) is 11.7. The molecular formula is C11H16ClN3O2. The maximum Gasteiger partial charge on any atom is 0.287 e. The van der Waals surface area contributed by atoms with Crippen molar-refractivity contribution in [3.05, 3.63) is 21.6 Å². The number of nitrogens with one attached hydrogen (secondary N) is 1. The standard InChI is InChI=1S/C11H16ClN3O2/c12-10-9(13-4-3-8-1-2-8)7-14-15(5-6-16)11(10)17/h7-8,13,16H,1-6H2. The molecule has 2 N–H and O–H groups in total. The molecule has 0 saturated heterocycles. The van der Waals surface area contributed by atoms with Gasteiger partial charge in [-0.3, -0.25) is 4.79 Å². The van der Waals surface area contributed by atoms with E-state index in [9.17, 15) is 4.79 Å². The summed E-state index contributed by atoms with van der Waals surface area (Å²) in [6, 6.07) is 0. The van der Waals surface area contributed by atoms with Crippen LogP contribution in [0.4, 0.5) is 5.69 Å². The van der Waals surface area contributed by atoms with Crippen LogP contribution in [0.3, 0.4) is 0 Å². The van der Waals surface area contributed by atoms with E-state index in [-0.39, 0.29) is 23.7 Å². The van der Waals surface area contributed by atoms with Gasteiger partial charge in [-0.15, -0.1) is 0 Å². The highest BCUT2D eigenvalue weighted by Crippen LogP contribution is 2.32. The smallest absolute Gasteiger partial charge is 0.287 e. The third-order valence-electron chi connectivity index (χ3n) is 2.86. The minimum absolute atomic E-state index is 0.127. The van der Waals surface area contributed by atoms with E-state index in [0.29, 0.717) is 5.69 Å². The molecule has 0 aromatic carbocycles. The van der Waals surface area contributed by atoms with Crippen molar-refractivity contribution in [2.45, 2.75) is 25.8 Å². The van der Waals surface area contributed by atoms with Crippen molar-refractivity contribution >= 4 is 17.3 Å². The van der Waals surface area contributed by atoms with Crippen molar-refractivity contribution in [2.24, 2.45) is 5.92 Å². The lowest BCUT2D eigenvalue weighted by Gasteiger charge is -2.09. The van der Waals surface area contributed by atoms with Crippen LogP contribution in [0.5, 0.6) is 0 Å². The maximum absolute atomic E-state index is 11.7. The van der Waals surface area contributed by atoms with Gasteiger partial charge in [0.15, 0.2) is 0 Å². The van der Waals surface area contributed by atoms with Crippen molar-refractivity contribution in [1.82, 2.24) is 9.78 Å². The molecule has 0 radical (unpaired) electrons. The lowest BCUT2D eigenvalue weighted by molar-refractivity contribution is 0.266. The van der Waals surface area contributed by atoms with Gasteiger partial charge in [-0.05, 0) is 12.3 Å². The molecule has 0 unspecified atom stereocenters. The molecule has 0 aliphatic heterocycles. The van der Waals surface area contributed by atoms with Crippen LogP contribution >= 0.6 is 11.6 Å². The normalized spacial score (nSPS) is 14.9. The summed E-state index contributed by atoms with van der Waals surface area (Å²) in [7, 11) is 0. The molecule has 0 atom stereocenters. The number of rotatable bonds is 6. The molecule has 1 aromatic heterocycles. The largest absolute Gasteiger partial charge is 0.394 e. The molecule has 1 aromatic rings. The Hall–Kier alpha value is -1.07. The Morgan fingerprint density at radius 3 is 3.00 bits per heavy atom. The molecule has 1 aliphatic rings. The van der Waals surface area contributed by atoms with Gasteiger partial charge in [0.25, 0.3) is 5.56 Å². The van der Waals surface area contributed by atoms with Gasteiger partial charge in [0, 0.05) is 6.54 Å². The van der Waals surface area contributed by atoms with Gasteiger partial charge in [-0.1, -0.05) is 24.4 Å². The molecule has 0 amide bonds. The fraction of sp³-hybridized carbons (Fsp3) is 0.636. The number of hydrogen-bond acceptors (Lipinski definition) is 4. The summed E-state index contributed by atoms with van der Waals surface area (Å²) in [5, 5.41) is 16.0. The Morgan fingerprint density at radius 1 is 1.59 bits per heavy atom. The van der Waals surface area contributed by atoms with Crippen LogP contribution in [0.25, 0.3) is 0 Å². The molecule has 1 fully saturated rings. The van der Waals surface area contributed by atoms with E-state index in [1.54, 1.807) is 0 Å². The summed E-state index contributed by atoms with van der Waals surface area (Å²) in [6.07, 6.45) is 5.26. The van der Waals surface area contributed by atoms with Gasteiger partial charge < -0.3 is 10.4 Å².